The number of carbonyl (C=O) groups excluding carboxylic acids is 2. The number of anilines is 3. The van der Waals surface area contributed by atoms with Gasteiger partial charge in [0.15, 0.2) is 0 Å². The molecule has 1 aromatic heterocycles. The van der Waals surface area contributed by atoms with Gasteiger partial charge >= 0.3 is 12.1 Å². The summed E-state index contributed by atoms with van der Waals surface area (Å²) in [5.41, 5.74) is 3.51. The van der Waals surface area contributed by atoms with Crippen LogP contribution in [0.25, 0.3) is 0 Å². The van der Waals surface area contributed by atoms with E-state index in [1.807, 2.05) is 49.4 Å². The first kappa shape index (κ1) is 18.9. The summed E-state index contributed by atoms with van der Waals surface area (Å²) in [6, 6.07) is 19.3. The monoisotopic (exact) mass is 375 g/mol. The summed E-state index contributed by atoms with van der Waals surface area (Å²) in [5.74, 6) is 0. The van der Waals surface area contributed by atoms with E-state index in [2.05, 4.69) is 26.3 Å². The van der Waals surface area contributed by atoms with Crippen LogP contribution in [-0.2, 0) is 6.54 Å². The lowest BCUT2D eigenvalue weighted by atomic mass is 10.2. The van der Waals surface area contributed by atoms with E-state index in [0.29, 0.717) is 23.6 Å². The lowest BCUT2D eigenvalue weighted by Crippen LogP contribution is -2.28. The molecule has 0 fully saturated rings. The van der Waals surface area contributed by atoms with Gasteiger partial charge in [0.1, 0.15) is 0 Å². The molecule has 7 heteroatoms. The largest absolute Gasteiger partial charge is 0.332 e. The fraction of sp³-hybridized carbons (Fsp3) is 0.0952. The maximum Gasteiger partial charge on any atom is 0.323 e. The number of urea groups is 2. The van der Waals surface area contributed by atoms with E-state index in [-0.39, 0.29) is 12.1 Å². The van der Waals surface area contributed by atoms with Crippen LogP contribution in [0.3, 0.4) is 0 Å². The summed E-state index contributed by atoms with van der Waals surface area (Å²) in [7, 11) is 0. The van der Waals surface area contributed by atoms with Gasteiger partial charge in [0.2, 0.25) is 0 Å². The van der Waals surface area contributed by atoms with Crippen LogP contribution in [0.5, 0.6) is 0 Å². The van der Waals surface area contributed by atoms with E-state index in [4.69, 9.17) is 0 Å². The first-order valence-electron chi connectivity index (χ1n) is 8.78. The van der Waals surface area contributed by atoms with Crippen molar-refractivity contribution in [3.63, 3.8) is 0 Å². The fourth-order valence-corrected chi connectivity index (χ4v) is 2.49. The number of rotatable bonds is 5. The molecule has 1 heterocycles. The highest BCUT2D eigenvalue weighted by molar-refractivity contribution is 6.00. The summed E-state index contributed by atoms with van der Waals surface area (Å²) in [5, 5.41) is 11.1. The van der Waals surface area contributed by atoms with Gasteiger partial charge in [-0.2, -0.15) is 0 Å². The molecule has 0 atom stereocenters. The second kappa shape index (κ2) is 9.18. The molecule has 0 saturated heterocycles. The summed E-state index contributed by atoms with van der Waals surface area (Å²) in [4.78, 5) is 28.5. The van der Waals surface area contributed by atoms with Crippen molar-refractivity contribution < 1.29 is 9.59 Å². The molecule has 0 radical (unpaired) electrons. The summed E-state index contributed by atoms with van der Waals surface area (Å²) < 4.78 is 0. The number of amides is 4. The van der Waals surface area contributed by atoms with Crippen LogP contribution < -0.4 is 21.3 Å². The average molecular weight is 375 g/mol. The van der Waals surface area contributed by atoms with Crippen LogP contribution in [0.15, 0.2) is 72.9 Å². The highest BCUT2D eigenvalue weighted by atomic mass is 16.2. The quantitative estimate of drug-likeness (QED) is 0.534. The normalized spacial score (nSPS) is 10.0. The minimum absolute atomic E-state index is 0.323. The Bertz CT molecular complexity index is 946. The second-order valence-corrected chi connectivity index (χ2v) is 6.10. The van der Waals surface area contributed by atoms with Crippen LogP contribution in [0.2, 0.25) is 0 Å². The van der Waals surface area contributed by atoms with Gasteiger partial charge in [0.05, 0.1) is 12.2 Å². The SMILES string of the molecule is Cc1ccc(NC(=O)Nc2ccccc2)cc1NC(=O)NCc1ccccn1. The third kappa shape index (κ3) is 5.57. The number of aromatic nitrogens is 1. The molecule has 7 nitrogen and oxygen atoms in total. The molecule has 0 aliphatic carbocycles. The zero-order valence-electron chi connectivity index (χ0n) is 15.4. The van der Waals surface area contributed by atoms with Crippen LogP contribution in [-0.4, -0.2) is 17.0 Å². The van der Waals surface area contributed by atoms with E-state index in [0.717, 1.165) is 11.3 Å². The average Bonchev–Trinajstić information content (AvgIpc) is 2.70. The number of hydrogen-bond donors (Lipinski definition) is 4. The highest BCUT2D eigenvalue weighted by Crippen LogP contribution is 2.20. The number of aryl methyl sites for hydroxylation is 1. The van der Waals surface area contributed by atoms with Crippen LogP contribution in [0.1, 0.15) is 11.3 Å². The van der Waals surface area contributed by atoms with Gasteiger partial charge < -0.3 is 21.3 Å². The maximum absolute atomic E-state index is 12.2. The van der Waals surface area contributed by atoms with Crippen molar-refractivity contribution in [2.75, 3.05) is 16.0 Å². The Hall–Kier alpha value is -3.87. The van der Waals surface area contributed by atoms with Gasteiger partial charge in [-0.15, -0.1) is 0 Å². The molecule has 3 rings (SSSR count). The third-order valence-electron chi connectivity index (χ3n) is 3.93. The molecule has 0 aliphatic rings. The van der Waals surface area contributed by atoms with Gasteiger partial charge in [-0.25, -0.2) is 9.59 Å². The summed E-state index contributed by atoms with van der Waals surface area (Å²) in [6.45, 7) is 2.20. The topological polar surface area (TPSA) is 95.2 Å². The summed E-state index contributed by atoms with van der Waals surface area (Å²) in [6.07, 6.45) is 1.68. The molecular formula is C21H21N5O2. The molecule has 0 spiro atoms. The van der Waals surface area contributed by atoms with E-state index in [9.17, 15) is 9.59 Å². The molecule has 28 heavy (non-hydrogen) atoms. The predicted molar refractivity (Wildman–Crippen MR) is 110 cm³/mol. The first-order chi connectivity index (χ1) is 13.6. The minimum Gasteiger partial charge on any atom is -0.332 e. The van der Waals surface area contributed by atoms with Gasteiger partial charge in [-0.05, 0) is 48.9 Å². The van der Waals surface area contributed by atoms with E-state index in [1.165, 1.54) is 0 Å². The van der Waals surface area contributed by atoms with E-state index < -0.39 is 0 Å². The molecule has 0 aliphatic heterocycles. The maximum atomic E-state index is 12.2. The first-order valence-corrected chi connectivity index (χ1v) is 8.78. The van der Waals surface area contributed by atoms with Crippen molar-refractivity contribution in [1.29, 1.82) is 0 Å². The van der Waals surface area contributed by atoms with E-state index >= 15 is 0 Å². The van der Waals surface area contributed by atoms with Gasteiger partial charge in [-0.3, -0.25) is 4.98 Å². The van der Waals surface area contributed by atoms with Gasteiger partial charge in [0, 0.05) is 23.3 Å². The summed E-state index contributed by atoms with van der Waals surface area (Å²) >= 11 is 0. The Kier molecular flexibility index (Phi) is 6.20. The van der Waals surface area contributed by atoms with Crippen molar-refractivity contribution >= 4 is 29.1 Å². The van der Waals surface area contributed by atoms with Crippen molar-refractivity contribution in [3.8, 4) is 0 Å². The van der Waals surface area contributed by atoms with Gasteiger partial charge in [-0.1, -0.05) is 30.3 Å². The Morgan fingerprint density at radius 3 is 2.32 bits per heavy atom. The van der Waals surface area contributed by atoms with Crippen LogP contribution in [0.4, 0.5) is 26.7 Å². The van der Waals surface area contributed by atoms with E-state index in [1.54, 1.807) is 30.5 Å². The lowest BCUT2D eigenvalue weighted by Gasteiger charge is -2.13. The number of nitrogens with one attached hydrogen (secondary N) is 4. The molecule has 2 aromatic carbocycles. The zero-order chi connectivity index (χ0) is 19.8. The Labute approximate surface area is 163 Å². The Morgan fingerprint density at radius 2 is 1.57 bits per heavy atom. The second-order valence-electron chi connectivity index (χ2n) is 6.10. The zero-order valence-corrected chi connectivity index (χ0v) is 15.4. The molecule has 4 amide bonds. The smallest absolute Gasteiger partial charge is 0.323 e. The standard InChI is InChI=1S/C21H21N5O2/c1-15-10-11-17(25-21(28)24-16-7-3-2-4-8-16)13-19(15)26-20(27)23-14-18-9-5-6-12-22-18/h2-13H,14H2,1H3,(H2,23,26,27)(H2,24,25,28). The van der Waals surface area contributed by atoms with Crippen LogP contribution >= 0.6 is 0 Å². The molecule has 0 bridgehead atoms. The minimum atomic E-state index is -0.361. The molecule has 0 saturated carbocycles. The molecule has 142 valence electrons. The number of para-hydroxylation sites is 1. The Balaban J connectivity index is 1.58. The van der Waals surface area contributed by atoms with Crippen molar-refractivity contribution in [3.05, 3.63) is 84.2 Å². The van der Waals surface area contributed by atoms with Crippen molar-refractivity contribution in [2.24, 2.45) is 0 Å². The molecule has 4 N–H and O–H groups in total. The molecule has 0 unspecified atom stereocenters. The van der Waals surface area contributed by atoms with Crippen LogP contribution in [0, 0.1) is 6.92 Å². The molecular weight excluding hydrogens is 354 g/mol. The number of nitrogens with zero attached hydrogens (tertiary/aromatic N) is 1. The number of hydrogen-bond acceptors (Lipinski definition) is 3. The third-order valence-corrected chi connectivity index (χ3v) is 3.93. The fourth-order valence-electron chi connectivity index (χ4n) is 2.49. The van der Waals surface area contributed by atoms with Crippen molar-refractivity contribution in [1.82, 2.24) is 10.3 Å². The highest BCUT2D eigenvalue weighted by Gasteiger charge is 2.08. The Morgan fingerprint density at radius 1 is 0.821 bits per heavy atom. The lowest BCUT2D eigenvalue weighted by molar-refractivity contribution is 0.251. The van der Waals surface area contributed by atoms with Gasteiger partial charge in [0.25, 0.3) is 0 Å². The van der Waals surface area contributed by atoms with Crippen molar-refractivity contribution in [2.45, 2.75) is 13.5 Å². The number of benzene rings is 2. The predicted octanol–water partition coefficient (Wildman–Crippen LogP) is 4.36. The number of carbonyl (C=O) groups is 2. The number of pyridine rings is 1. The molecule has 3 aromatic rings.